The minimum Gasteiger partial charge on any atom is -0.354 e. The zero-order chi connectivity index (χ0) is 15.1. The zero-order valence-electron chi connectivity index (χ0n) is 10.8. The monoisotopic (exact) mass is 295 g/mol. The number of para-hydroxylation sites is 2. The summed E-state index contributed by atoms with van der Waals surface area (Å²) in [6.45, 7) is 0. The van der Waals surface area contributed by atoms with Crippen molar-refractivity contribution < 1.29 is 0 Å². The first-order chi connectivity index (χ1) is 10.2. The van der Waals surface area contributed by atoms with Crippen LogP contribution >= 0.6 is 11.6 Å². The lowest BCUT2D eigenvalue weighted by molar-refractivity contribution is 1.33. The van der Waals surface area contributed by atoms with Crippen molar-refractivity contribution in [2.45, 2.75) is 0 Å². The Kier molecular flexibility index (Phi) is 4.76. The van der Waals surface area contributed by atoms with Crippen LogP contribution in [0.15, 0.2) is 53.6 Å². The second-order valence-electron chi connectivity index (χ2n) is 3.97. The van der Waals surface area contributed by atoms with E-state index in [0.29, 0.717) is 10.7 Å². The maximum Gasteiger partial charge on any atom is 0.237 e. The number of rotatable bonds is 4. The number of nitriles is 2. The third-order valence-corrected chi connectivity index (χ3v) is 2.80. The molecule has 0 radical (unpaired) electrons. The third kappa shape index (κ3) is 3.97. The van der Waals surface area contributed by atoms with Gasteiger partial charge in [-0.1, -0.05) is 23.7 Å². The number of hydrogen-bond acceptors (Lipinski definition) is 5. The molecule has 2 N–H and O–H groups in total. The molecule has 0 bridgehead atoms. The normalized spacial score (nSPS) is 9.10. The maximum atomic E-state index is 8.66. The number of benzene rings is 2. The lowest BCUT2D eigenvalue weighted by Gasteiger charge is -2.11. The second kappa shape index (κ2) is 6.95. The first-order valence-electron chi connectivity index (χ1n) is 5.98. The molecule has 0 atom stereocenters. The largest absolute Gasteiger partial charge is 0.354 e. The molecular formula is C15H10ClN5. The summed E-state index contributed by atoms with van der Waals surface area (Å²) in [4.78, 5) is 0. The van der Waals surface area contributed by atoms with Crippen LogP contribution in [0, 0.1) is 22.7 Å². The van der Waals surface area contributed by atoms with Crippen molar-refractivity contribution in [3.05, 3.63) is 53.6 Å². The molecule has 0 unspecified atom stereocenters. The molecule has 5 nitrogen and oxygen atoms in total. The number of nitrogens with zero attached hydrogens (tertiary/aromatic N) is 3. The maximum absolute atomic E-state index is 8.66. The minimum absolute atomic E-state index is 0.240. The summed E-state index contributed by atoms with van der Waals surface area (Å²) >= 11 is 5.84. The molecule has 0 aliphatic carbocycles. The van der Waals surface area contributed by atoms with Crippen molar-refractivity contribution in [2.24, 2.45) is 5.10 Å². The van der Waals surface area contributed by atoms with Crippen LogP contribution in [-0.2, 0) is 0 Å². The summed E-state index contributed by atoms with van der Waals surface area (Å²) in [5.74, 6) is 0. The van der Waals surface area contributed by atoms with Gasteiger partial charge in [-0.25, -0.2) is 0 Å². The molecule has 21 heavy (non-hydrogen) atoms. The summed E-state index contributed by atoms with van der Waals surface area (Å²) in [5, 5.41) is 24.9. The van der Waals surface area contributed by atoms with Crippen LogP contribution in [-0.4, -0.2) is 5.71 Å². The molecule has 0 aliphatic rings. The van der Waals surface area contributed by atoms with Crippen molar-refractivity contribution in [1.29, 1.82) is 10.5 Å². The second-order valence-corrected chi connectivity index (χ2v) is 4.41. The topological polar surface area (TPSA) is 84.0 Å². The lowest BCUT2D eigenvalue weighted by Crippen LogP contribution is -1.99. The van der Waals surface area contributed by atoms with Crippen molar-refractivity contribution in [3.63, 3.8) is 0 Å². The number of halogens is 1. The van der Waals surface area contributed by atoms with Crippen LogP contribution in [0.2, 0.25) is 5.02 Å². The molecule has 0 saturated heterocycles. The van der Waals surface area contributed by atoms with Crippen LogP contribution in [0.3, 0.4) is 0 Å². The highest BCUT2D eigenvalue weighted by molar-refractivity contribution is 6.30. The Hall–Kier alpha value is -3.02. The molecule has 6 heteroatoms. The smallest absolute Gasteiger partial charge is 0.237 e. The average molecular weight is 296 g/mol. The Labute approximate surface area is 127 Å². The predicted octanol–water partition coefficient (Wildman–Crippen LogP) is 3.90. The van der Waals surface area contributed by atoms with E-state index in [2.05, 4.69) is 15.8 Å². The van der Waals surface area contributed by atoms with Crippen molar-refractivity contribution in [2.75, 3.05) is 10.7 Å². The third-order valence-electron chi connectivity index (χ3n) is 2.55. The summed E-state index contributed by atoms with van der Waals surface area (Å²) in [7, 11) is 0. The van der Waals surface area contributed by atoms with Crippen LogP contribution in [0.5, 0.6) is 0 Å². The van der Waals surface area contributed by atoms with Gasteiger partial charge in [0.05, 0.1) is 11.4 Å². The van der Waals surface area contributed by atoms with Crippen LogP contribution in [0.25, 0.3) is 0 Å². The van der Waals surface area contributed by atoms with E-state index in [9.17, 15) is 0 Å². The Morgan fingerprint density at radius 1 is 0.952 bits per heavy atom. The van der Waals surface area contributed by atoms with Crippen LogP contribution < -0.4 is 10.7 Å². The molecule has 0 fully saturated rings. The lowest BCUT2D eigenvalue weighted by atomic mass is 10.2. The van der Waals surface area contributed by atoms with E-state index in [-0.39, 0.29) is 5.71 Å². The van der Waals surface area contributed by atoms with Crippen molar-refractivity contribution in [1.82, 2.24) is 0 Å². The fourth-order valence-electron chi connectivity index (χ4n) is 1.57. The highest BCUT2D eigenvalue weighted by Gasteiger charge is 2.02. The summed E-state index contributed by atoms with van der Waals surface area (Å²) in [5.41, 5.74) is 4.73. The van der Waals surface area contributed by atoms with E-state index >= 15 is 0 Å². The Bertz CT molecular complexity index is 722. The number of hydrazone groups is 1. The van der Waals surface area contributed by atoms with E-state index in [1.807, 2.05) is 30.3 Å². The van der Waals surface area contributed by atoms with E-state index in [0.717, 1.165) is 11.4 Å². The molecular weight excluding hydrogens is 286 g/mol. The van der Waals surface area contributed by atoms with Gasteiger partial charge < -0.3 is 5.32 Å². The van der Waals surface area contributed by atoms with Crippen LogP contribution in [0.4, 0.5) is 17.1 Å². The summed E-state index contributed by atoms with van der Waals surface area (Å²) in [6.07, 6.45) is 0. The number of hydrogen-bond donors (Lipinski definition) is 2. The fraction of sp³-hybridized carbons (Fsp3) is 0. The summed E-state index contributed by atoms with van der Waals surface area (Å²) in [6, 6.07) is 18.0. The van der Waals surface area contributed by atoms with Gasteiger partial charge in [-0.15, -0.1) is 0 Å². The predicted molar refractivity (Wildman–Crippen MR) is 83.5 cm³/mol. The SMILES string of the molecule is N#CC(C#N)=NNc1ccccc1Nc1ccc(Cl)cc1. The van der Waals surface area contributed by atoms with Gasteiger partial charge >= 0.3 is 0 Å². The van der Waals surface area contributed by atoms with Gasteiger partial charge in [0.1, 0.15) is 12.1 Å². The van der Waals surface area contributed by atoms with Crippen molar-refractivity contribution >= 4 is 34.4 Å². The minimum atomic E-state index is -0.240. The molecule has 2 rings (SSSR count). The molecule has 2 aromatic carbocycles. The Morgan fingerprint density at radius 3 is 2.19 bits per heavy atom. The number of anilines is 3. The van der Waals surface area contributed by atoms with Crippen LogP contribution in [0.1, 0.15) is 0 Å². The molecule has 0 spiro atoms. The summed E-state index contributed by atoms with van der Waals surface area (Å²) < 4.78 is 0. The first-order valence-corrected chi connectivity index (χ1v) is 6.36. The van der Waals surface area contributed by atoms with Gasteiger partial charge in [-0.2, -0.15) is 15.6 Å². The number of nitrogens with one attached hydrogen (secondary N) is 2. The Balaban J connectivity index is 2.21. The van der Waals surface area contributed by atoms with Gasteiger partial charge in [0.25, 0.3) is 0 Å². The average Bonchev–Trinajstić information content (AvgIpc) is 2.52. The highest BCUT2D eigenvalue weighted by atomic mass is 35.5. The molecule has 2 aromatic rings. The van der Waals surface area contributed by atoms with E-state index in [1.54, 1.807) is 30.3 Å². The zero-order valence-corrected chi connectivity index (χ0v) is 11.6. The molecule has 0 saturated carbocycles. The molecule has 0 aromatic heterocycles. The van der Waals surface area contributed by atoms with Gasteiger partial charge in [-0.05, 0) is 36.4 Å². The standard InChI is InChI=1S/C15H10ClN5/c16-11-5-7-12(8-6-11)19-14-3-1-2-4-15(14)21-20-13(9-17)10-18/h1-8,19,21H. The van der Waals surface area contributed by atoms with Gasteiger partial charge in [0, 0.05) is 10.7 Å². The van der Waals surface area contributed by atoms with Gasteiger partial charge in [0.2, 0.25) is 5.71 Å². The fourth-order valence-corrected chi connectivity index (χ4v) is 1.70. The van der Waals surface area contributed by atoms with E-state index in [4.69, 9.17) is 22.1 Å². The highest BCUT2D eigenvalue weighted by Crippen LogP contribution is 2.25. The molecule has 0 amide bonds. The van der Waals surface area contributed by atoms with Gasteiger partial charge in [0.15, 0.2) is 0 Å². The van der Waals surface area contributed by atoms with Crippen molar-refractivity contribution in [3.8, 4) is 12.1 Å². The van der Waals surface area contributed by atoms with E-state index in [1.165, 1.54) is 0 Å². The molecule has 0 heterocycles. The molecule has 102 valence electrons. The Morgan fingerprint density at radius 2 is 1.57 bits per heavy atom. The van der Waals surface area contributed by atoms with Gasteiger partial charge in [-0.3, -0.25) is 5.43 Å². The quantitative estimate of drug-likeness (QED) is 0.662. The van der Waals surface area contributed by atoms with E-state index < -0.39 is 0 Å². The molecule has 0 aliphatic heterocycles. The first kappa shape index (κ1) is 14.4.